The van der Waals surface area contributed by atoms with E-state index in [2.05, 4.69) is 13.0 Å². The summed E-state index contributed by atoms with van der Waals surface area (Å²) in [6.07, 6.45) is 4.48. The molecule has 0 bridgehead atoms. The highest BCUT2D eigenvalue weighted by Gasteiger charge is 2.49. The molecule has 2 aliphatic rings. The molecule has 2 fully saturated rings. The first-order valence-corrected chi connectivity index (χ1v) is 17.8. The van der Waals surface area contributed by atoms with Crippen molar-refractivity contribution >= 4 is 21.3 Å². The molecule has 4 aromatic rings. The van der Waals surface area contributed by atoms with Crippen molar-refractivity contribution < 1.29 is 31.5 Å². The summed E-state index contributed by atoms with van der Waals surface area (Å²) in [7, 11) is 0.931. The second kappa shape index (κ2) is 13.9. The van der Waals surface area contributed by atoms with Crippen LogP contribution in [0.4, 0.5) is 5.69 Å². The quantitative estimate of drug-likeness (QED) is 0.0881. The van der Waals surface area contributed by atoms with Gasteiger partial charge in [-0.25, -0.2) is 8.70 Å². The lowest BCUT2D eigenvalue weighted by Crippen LogP contribution is -2.61. The molecule has 1 unspecified atom stereocenters. The van der Waals surface area contributed by atoms with Gasteiger partial charge >= 0.3 is 10.1 Å². The van der Waals surface area contributed by atoms with Gasteiger partial charge in [-0.2, -0.15) is 13.5 Å². The number of hydrogen-bond donors (Lipinski definition) is 0. The number of benzene rings is 2. The first-order valence-electron chi connectivity index (χ1n) is 16.4. The maximum absolute atomic E-state index is 13.7. The fourth-order valence-corrected chi connectivity index (χ4v) is 7.94. The summed E-state index contributed by atoms with van der Waals surface area (Å²) in [5, 5.41) is 5.25. The molecule has 1 atom stereocenters. The Kier molecular flexibility index (Phi) is 9.91. The number of aromatic nitrogens is 2. The van der Waals surface area contributed by atoms with Crippen LogP contribution in [0.1, 0.15) is 49.4 Å². The van der Waals surface area contributed by atoms with Gasteiger partial charge in [-0.15, -0.1) is 0 Å². The molecule has 1 aliphatic carbocycles. The summed E-state index contributed by atoms with van der Waals surface area (Å²) < 4.78 is 58.9. The van der Waals surface area contributed by atoms with Gasteiger partial charge in [0, 0.05) is 25.9 Å². The lowest BCUT2D eigenvalue weighted by atomic mass is 10.00. The Morgan fingerprint density at radius 3 is 2.23 bits per heavy atom. The van der Waals surface area contributed by atoms with Gasteiger partial charge in [0.05, 0.1) is 56.7 Å². The monoisotopic (exact) mass is 664 g/mol. The normalized spacial score (nSPS) is 17.1. The molecule has 252 valence electrons. The lowest BCUT2D eigenvalue weighted by molar-refractivity contribution is 0.00810. The summed E-state index contributed by atoms with van der Waals surface area (Å²) in [5.41, 5.74) is 6.34. The molecule has 0 N–H and O–H groups in total. The third kappa shape index (κ3) is 6.64. The third-order valence-corrected chi connectivity index (χ3v) is 10.8. The maximum Gasteiger partial charge on any atom is 0.301 e. The topological polar surface area (TPSA) is 97.6 Å². The predicted molar refractivity (Wildman–Crippen MR) is 181 cm³/mol. The molecule has 11 heteroatoms. The standard InChI is InChI=1S/C36H46N3O7S/c1-6-30-36(32-9-7-8-31(38(32)37-30)35-33(43-4)20-27(23-42-3)21-34(35)44-5)39(22-26-12-13-26,28-16-18-45-19-17-28)24-46-47(40,41)29-14-10-25(2)11-15-29/h7-11,14-15,20-21,26,28H,6,12-13,16-19,22-24H2,1-5H3/q+1. The van der Waals surface area contributed by atoms with E-state index in [-0.39, 0.29) is 17.7 Å². The fourth-order valence-electron chi connectivity index (χ4n) is 7.01. The minimum Gasteiger partial charge on any atom is -0.496 e. The highest BCUT2D eigenvalue weighted by molar-refractivity contribution is 7.86. The van der Waals surface area contributed by atoms with Gasteiger partial charge in [-0.1, -0.05) is 30.7 Å². The van der Waals surface area contributed by atoms with Crippen LogP contribution in [0.5, 0.6) is 11.5 Å². The van der Waals surface area contributed by atoms with Crippen LogP contribution in [-0.2, 0) is 36.8 Å². The van der Waals surface area contributed by atoms with Crippen molar-refractivity contribution in [2.45, 2.75) is 63.5 Å². The minimum absolute atomic E-state index is 0.0195. The largest absolute Gasteiger partial charge is 0.496 e. The average Bonchev–Trinajstić information content (AvgIpc) is 3.83. The van der Waals surface area contributed by atoms with Gasteiger partial charge in [0.2, 0.25) is 6.73 Å². The second-order valence-electron chi connectivity index (χ2n) is 12.7. The number of pyridine rings is 1. The molecular formula is C36H46N3O7S+. The molecule has 0 amide bonds. The Balaban J connectivity index is 1.55. The minimum atomic E-state index is -4.02. The number of aryl methyl sites for hydroxylation is 2. The van der Waals surface area contributed by atoms with Crippen LogP contribution in [0.3, 0.4) is 0 Å². The lowest BCUT2D eigenvalue weighted by Gasteiger charge is -2.45. The fraction of sp³-hybridized carbons (Fsp3) is 0.472. The maximum atomic E-state index is 13.7. The summed E-state index contributed by atoms with van der Waals surface area (Å²) in [5.74, 6) is 1.77. The van der Waals surface area contributed by atoms with Crippen molar-refractivity contribution in [1.82, 2.24) is 14.1 Å². The number of fused-ring (bicyclic) bond motifs is 1. The van der Waals surface area contributed by atoms with Crippen LogP contribution in [0.25, 0.3) is 16.8 Å². The molecule has 3 heterocycles. The van der Waals surface area contributed by atoms with E-state index in [0.717, 1.165) is 71.5 Å². The molecule has 1 saturated heterocycles. The van der Waals surface area contributed by atoms with Crippen molar-refractivity contribution in [3.63, 3.8) is 0 Å². The van der Waals surface area contributed by atoms with Gasteiger partial charge in [-0.3, -0.25) is 4.48 Å². The van der Waals surface area contributed by atoms with Crippen LogP contribution in [0.2, 0.25) is 0 Å². The van der Waals surface area contributed by atoms with Gasteiger partial charge in [0.15, 0.2) is 5.69 Å². The first kappa shape index (κ1) is 33.4. The number of ether oxygens (including phenoxy) is 4. The third-order valence-electron chi connectivity index (χ3n) is 9.53. The Bertz CT molecular complexity index is 1790. The number of quaternary nitrogens is 1. The smallest absolute Gasteiger partial charge is 0.301 e. The van der Waals surface area contributed by atoms with E-state index < -0.39 is 10.1 Å². The molecule has 47 heavy (non-hydrogen) atoms. The van der Waals surface area contributed by atoms with Crippen LogP contribution >= 0.6 is 0 Å². The zero-order valence-electron chi connectivity index (χ0n) is 28.0. The predicted octanol–water partition coefficient (Wildman–Crippen LogP) is 6.30. The Morgan fingerprint density at radius 1 is 0.957 bits per heavy atom. The van der Waals surface area contributed by atoms with Crippen molar-refractivity contribution in [3.05, 3.63) is 71.4 Å². The van der Waals surface area contributed by atoms with E-state index in [4.69, 9.17) is 28.2 Å². The van der Waals surface area contributed by atoms with E-state index in [1.807, 2.05) is 35.7 Å². The Morgan fingerprint density at radius 2 is 1.64 bits per heavy atom. The highest BCUT2D eigenvalue weighted by atomic mass is 32.2. The zero-order valence-corrected chi connectivity index (χ0v) is 28.8. The molecule has 1 saturated carbocycles. The Hall–Kier alpha value is -3.48. The van der Waals surface area contributed by atoms with E-state index in [1.54, 1.807) is 45.6 Å². The van der Waals surface area contributed by atoms with Crippen molar-refractivity contribution in [2.75, 3.05) is 47.8 Å². The van der Waals surface area contributed by atoms with Gasteiger partial charge in [-0.05, 0) is 68.1 Å². The summed E-state index contributed by atoms with van der Waals surface area (Å²) in [6.45, 7) is 6.44. The summed E-state index contributed by atoms with van der Waals surface area (Å²) >= 11 is 0. The van der Waals surface area contributed by atoms with Crippen LogP contribution in [0.15, 0.2) is 59.5 Å². The van der Waals surface area contributed by atoms with Crippen molar-refractivity contribution in [2.24, 2.45) is 5.92 Å². The second-order valence-corrected chi connectivity index (χ2v) is 14.3. The summed E-state index contributed by atoms with van der Waals surface area (Å²) in [4.78, 5) is 0.161. The summed E-state index contributed by atoms with van der Waals surface area (Å²) in [6, 6.07) is 17.0. The molecule has 0 radical (unpaired) electrons. The van der Waals surface area contributed by atoms with Crippen LogP contribution in [-0.4, -0.2) is 71.9 Å². The number of nitrogens with zero attached hydrogens (tertiary/aromatic N) is 3. The molecule has 10 nitrogen and oxygen atoms in total. The van der Waals surface area contributed by atoms with Crippen molar-refractivity contribution in [3.8, 4) is 22.8 Å². The number of methoxy groups -OCH3 is 3. The van der Waals surface area contributed by atoms with E-state index >= 15 is 0 Å². The molecule has 2 aromatic carbocycles. The first-order chi connectivity index (χ1) is 22.7. The van der Waals surface area contributed by atoms with Gasteiger partial charge in [0.1, 0.15) is 28.8 Å². The SMILES string of the molecule is CCc1nn2c(-c3c(OC)cc(COC)cc3OC)cccc2c1[N+](COS(=O)(=O)c1ccc(C)cc1)(CC1CC1)C1CCOCC1. The highest BCUT2D eigenvalue weighted by Crippen LogP contribution is 2.46. The van der Waals surface area contributed by atoms with Crippen molar-refractivity contribution in [1.29, 1.82) is 0 Å². The van der Waals surface area contributed by atoms with Crippen LogP contribution < -0.4 is 14.0 Å². The van der Waals surface area contributed by atoms with Crippen LogP contribution in [0, 0.1) is 12.8 Å². The average molecular weight is 665 g/mol. The van der Waals surface area contributed by atoms with Gasteiger partial charge in [0.25, 0.3) is 0 Å². The number of hydrogen-bond acceptors (Lipinski definition) is 8. The molecule has 6 rings (SSSR count). The van der Waals surface area contributed by atoms with E-state index in [0.29, 0.717) is 48.1 Å². The molecular weight excluding hydrogens is 618 g/mol. The molecule has 1 aliphatic heterocycles. The zero-order chi connectivity index (χ0) is 33.2. The van der Waals surface area contributed by atoms with E-state index in [1.165, 1.54) is 0 Å². The Labute approximate surface area is 277 Å². The van der Waals surface area contributed by atoms with Gasteiger partial charge < -0.3 is 18.9 Å². The molecule has 0 spiro atoms. The van der Waals surface area contributed by atoms with E-state index in [9.17, 15) is 8.42 Å². The number of rotatable bonds is 14. The molecule has 2 aromatic heterocycles.